The van der Waals surface area contributed by atoms with Crippen molar-refractivity contribution in [2.24, 2.45) is 0 Å². The number of phosphoric acid groups is 1. The first-order valence-corrected chi connectivity index (χ1v) is 24.4. The van der Waals surface area contributed by atoms with Gasteiger partial charge in [-0.3, -0.25) is 13.8 Å². The molecule has 3 N–H and O–H groups in total. The third-order valence-corrected chi connectivity index (χ3v) is 11.6. The van der Waals surface area contributed by atoms with E-state index >= 15 is 0 Å². The Kier molecular flexibility index (Phi) is 36.7. The number of quaternary nitrogens is 1. The van der Waals surface area contributed by atoms with E-state index in [0.29, 0.717) is 23.9 Å². The van der Waals surface area contributed by atoms with Crippen molar-refractivity contribution in [3.8, 4) is 0 Å². The third kappa shape index (κ3) is 39.5. The molecule has 0 spiro atoms. The van der Waals surface area contributed by atoms with E-state index in [1.807, 2.05) is 21.1 Å². The van der Waals surface area contributed by atoms with E-state index in [1.54, 1.807) is 0 Å². The minimum Gasteiger partial charge on any atom is -0.391 e. The fourth-order valence-corrected chi connectivity index (χ4v) is 7.67. The van der Waals surface area contributed by atoms with Crippen LogP contribution in [0.15, 0.2) is 0 Å². The number of likely N-dealkylation sites (N-methyl/N-ethyl adjacent to an activating group) is 1. The average molecular weight is 776 g/mol. The van der Waals surface area contributed by atoms with Gasteiger partial charge in [0, 0.05) is 6.42 Å². The molecule has 8 nitrogen and oxygen atoms in total. The zero-order valence-electron chi connectivity index (χ0n) is 36.0. The number of carbonyl (C=O) groups is 1. The zero-order chi connectivity index (χ0) is 39.3. The molecule has 0 aliphatic heterocycles. The van der Waals surface area contributed by atoms with Crippen molar-refractivity contribution in [1.29, 1.82) is 0 Å². The smallest absolute Gasteiger partial charge is 0.391 e. The van der Waals surface area contributed by atoms with Crippen LogP contribution in [0.2, 0.25) is 0 Å². The number of hydrogen-bond acceptors (Lipinski definition) is 5. The Balaban J connectivity index is 4.32. The number of carbonyl (C=O) groups excluding carboxylic acids is 1. The van der Waals surface area contributed by atoms with Gasteiger partial charge in [-0.15, -0.1) is 0 Å². The fraction of sp³-hybridized carbons (Fsp3) is 0.977. The Hall–Kier alpha value is -0.500. The summed E-state index contributed by atoms with van der Waals surface area (Å²) in [7, 11) is 1.63. The van der Waals surface area contributed by atoms with Crippen LogP contribution < -0.4 is 5.32 Å². The Morgan fingerprint density at radius 2 is 0.906 bits per heavy atom. The number of nitrogens with zero attached hydrogens (tertiary/aromatic N) is 1. The summed E-state index contributed by atoms with van der Waals surface area (Å²) < 4.78 is 23.6. The van der Waals surface area contributed by atoms with E-state index in [9.17, 15) is 19.4 Å². The summed E-state index contributed by atoms with van der Waals surface area (Å²) in [5, 5.41) is 14.0. The van der Waals surface area contributed by atoms with E-state index in [2.05, 4.69) is 19.2 Å². The minimum absolute atomic E-state index is 0.0786. The summed E-state index contributed by atoms with van der Waals surface area (Å²) in [6.07, 6.45) is 39.7. The van der Waals surface area contributed by atoms with Gasteiger partial charge in [0.05, 0.1) is 39.9 Å². The van der Waals surface area contributed by atoms with Crippen LogP contribution in [0.5, 0.6) is 0 Å². The Morgan fingerprint density at radius 1 is 0.566 bits per heavy atom. The normalized spacial score (nSPS) is 14.3. The maximum Gasteiger partial charge on any atom is 0.472 e. The minimum atomic E-state index is -4.31. The first kappa shape index (κ1) is 52.5. The zero-order valence-corrected chi connectivity index (χ0v) is 36.9. The van der Waals surface area contributed by atoms with Gasteiger partial charge in [0.1, 0.15) is 13.2 Å². The quantitative estimate of drug-likeness (QED) is 0.0324. The molecule has 1 unspecified atom stereocenters. The van der Waals surface area contributed by atoms with Crippen LogP contribution >= 0.6 is 7.82 Å². The molecule has 3 atom stereocenters. The highest BCUT2D eigenvalue weighted by atomic mass is 31.2. The summed E-state index contributed by atoms with van der Waals surface area (Å²) >= 11 is 0. The molecular formula is C44H92N2O6P+. The Labute approximate surface area is 329 Å². The highest BCUT2D eigenvalue weighted by Crippen LogP contribution is 2.43. The van der Waals surface area contributed by atoms with Crippen LogP contribution in [0.3, 0.4) is 0 Å². The molecule has 1 amide bonds. The lowest BCUT2D eigenvalue weighted by Gasteiger charge is -2.26. The average Bonchev–Trinajstić information content (AvgIpc) is 3.10. The lowest BCUT2D eigenvalue weighted by molar-refractivity contribution is -0.870. The molecule has 0 aromatic heterocycles. The van der Waals surface area contributed by atoms with Gasteiger partial charge >= 0.3 is 7.82 Å². The number of aliphatic hydroxyl groups is 1. The molecule has 0 aliphatic rings. The Bertz CT molecular complexity index is 839. The van der Waals surface area contributed by atoms with E-state index in [1.165, 1.54) is 161 Å². The number of amides is 1. The summed E-state index contributed by atoms with van der Waals surface area (Å²) in [6.45, 7) is 4.91. The number of phosphoric ester groups is 1. The van der Waals surface area contributed by atoms with E-state index in [-0.39, 0.29) is 19.1 Å². The largest absolute Gasteiger partial charge is 0.472 e. The predicted octanol–water partition coefficient (Wildman–Crippen LogP) is 12.6. The Morgan fingerprint density at radius 3 is 1.26 bits per heavy atom. The number of rotatable bonds is 42. The van der Waals surface area contributed by atoms with Gasteiger partial charge in [-0.25, -0.2) is 4.57 Å². The molecule has 318 valence electrons. The number of nitrogens with one attached hydrogen (secondary N) is 1. The van der Waals surface area contributed by atoms with Crippen LogP contribution in [0, 0.1) is 0 Å². The van der Waals surface area contributed by atoms with E-state index in [0.717, 1.165) is 38.5 Å². The summed E-state index contributed by atoms with van der Waals surface area (Å²) in [4.78, 5) is 23.1. The number of aliphatic hydroxyl groups excluding tert-OH is 1. The van der Waals surface area contributed by atoms with Crippen molar-refractivity contribution in [3.63, 3.8) is 0 Å². The van der Waals surface area contributed by atoms with E-state index in [4.69, 9.17) is 9.05 Å². The second-order valence-electron chi connectivity index (χ2n) is 17.1. The van der Waals surface area contributed by atoms with Crippen LogP contribution in [0.25, 0.3) is 0 Å². The molecule has 0 radical (unpaired) electrons. The molecule has 0 heterocycles. The van der Waals surface area contributed by atoms with Crippen LogP contribution in [-0.4, -0.2) is 73.4 Å². The van der Waals surface area contributed by atoms with Crippen LogP contribution in [0.4, 0.5) is 0 Å². The van der Waals surface area contributed by atoms with Crippen molar-refractivity contribution in [2.75, 3.05) is 40.9 Å². The molecule has 0 saturated carbocycles. The highest BCUT2D eigenvalue weighted by Gasteiger charge is 2.28. The topological polar surface area (TPSA) is 105 Å². The van der Waals surface area contributed by atoms with Crippen molar-refractivity contribution < 1.29 is 32.9 Å². The van der Waals surface area contributed by atoms with Crippen LogP contribution in [-0.2, 0) is 18.4 Å². The molecule has 9 heteroatoms. The third-order valence-electron chi connectivity index (χ3n) is 10.6. The van der Waals surface area contributed by atoms with Gasteiger partial charge in [0.15, 0.2) is 0 Å². The molecule has 0 saturated heterocycles. The fourth-order valence-electron chi connectivity index (χ4n) is 6.93. The molecule has 0 aromatic rings. The second kappa shape index (κ2) is 37.1. The summed E-state index contributed by atoms with van der Waals surface area (Å²) in [5.41, 5.74) is 0. The number of unbranched alkanes of at least 4 members (excludes halogenated alkanes) is 29. The molecule has 0 aliphatic carbocycles. The molecule has 0 fully saturated rings. The van der Waals surface area contributed by atoms with Crippen LogP contribution in [0.1, 0.15) is 226 Å². The van der Waals surface area contributed by atoms with Gasteiger partial charge < -0.3 is 19.8 Å². The summed E-state index contributed by atoms with van der Waals surface area (Å²) in [5.74, 6) is -0.141. The van der Waals surface area contributed by atoms with Gasteiger partial charge in [-0.05, 0) is 12.8 Å². The molecule has 0 aromatic carbocycles. The summed E-state index contributed by atoms with van der Waals surface area (Å²) in [6, 6.07) is -0.752. The molecule has 0 bridgehead atoms. The molecular weight excluding hydrogens is 683 g/mol. The van der Waals surface area contributed by atoms with Gasteiger partial charge in [0.2, 0.25) is 5.91 Å². The van der Waals surface area contributed by atoms with Crippen molar-refractivity contribution >= 4 is 13.7 Å². The monoisotopic (exact) mass is 776 g/mol. The first-order valence-electron chi connectivity index (χ1n) is 22.9. The lowest BCUT2D eigenvalue weighted by atomic mass is 10.0. The standard InChI is InChI=1S/C44H91N2O6P/c1-6-8-10-12-14-16-18-20-22-24-25-27-29-31-33-35-37-43(47)42(41-52-53(49,50)51-40-39-46(3,4)5)45-44(48)38-36-34-32-30-28-26-23-21-19-17-15-13-11-9-7-2/h42-43,47H,6-41H2,1-5H3,(H-,45,48,49,50)/p+1/t42-,43+/m0/s1. The van der Waals surface area contributed by atoms with Crippen molar-refractivity contribution in [3.05, 3.63) is 0 Å². The van der Waals surface area contributed by atoms with Gasteiger partial charge in [0.25, 0.3) is 0 Å². The second-order valence-corrected chi connectivity index (χ2v) is 18.6. The van der Waals surface area contributed by atoms with Crippen molar-refractivity contribution in [1.82, 2.24) is 5.32 Å². The SMILES string of the molecule is CCCCCCCCCCCCCCCCCC[C@@H](O)[C@H](COP(=O)(O)OCC[N+](C)(C)C)NC(=O)CCCCCCCCCCCCCCCCC. The highest BCUT2D eigenvalue weighted by molar-refractivity contribution is 7.47. The predicted molar refractivity (Wildman–Crippen MR) is 226 cm³/mol. The van der Waals surface area contributed by atoms with Gasteiger partial charge in [-0.1, -0.05) is 206 Å². The van der Waals surface area contributed by atoms with Gasteiger partial charge in [-0.2, -0.15) is 0 Å². The maximum absolute atomic E-state index is 12.9. The first-order chi connectivity index (χ1) is 25.5. The molecule has 53 heavy (non-hydrogen) atoms. The molecule has 0 rings (SSSR count). The number of hydrogen-bond donors (Lipinski definition) is 3. The van der Waals surface area contributed by atoms with E-state index < -0.39 is 20.0 Å². The maximum atomic E-state index is 12.9. The van der Waals surface area contributed by atoms with Crippen molar-refractivity contribution in [2.45, 2.75) is 238 Å². The lowest BCUT2D eigenvalue weighted by Crippen LogP contribution is -2.46.